The van der Waals surface area contributed by atoms with Crippen molar-refractivity contribution < 1.29 is 19.0 Å². The summed E-state index contributed by atoms with van der Waals surface area (Å²) < 4.78 is 19.2. The molecule has 5 heteroatoms. The summed E-state index contributed by atoms with van der Waals surface area (Å²) in [7, 11) is 0. The lowest BCUT2D eigenvalue weighted by molar-refractivity contribution is -0.137. The topological polar surface area (TPSA) is 49.8 Å². The molecule has 0 bridgehead atoms. The van der Waals surface area contributed by atoms with E-state index in [0.29, 0.717) is 18.8 Å². The number of ether oxygens (including phenoxy) is 1. The Morgan fingerprint density at radius 3 is 3.15 bits per heavy atom. The molecule has 106 valence electrons. The number of carbonyl (C=O) groups is 1. The summed E-state index contributed by atoms with van der Waals surface area (Å²) in [6.07, 6.45) is 4.82. The van der Waals surface area contributed by atoms with Crippen molar-refractivity contribution in [3.8, 4) is 5.75 Å². The lowest BCUT2D eigenvalue weighted by atomic mass is 9.97. The standard InChI is InChI=1S/C15H16FNO3/c16-12-1-2-13-11(9-12)3-5-15(20-13)6-8-17(10-15)7-4-14(18)19/h1-3,5,9H,4,6-8,10H2,(H,18,19). The number of halogens is 1. The molecule has 2 aliphatic heterocycles. The molecule has 1 atom stereocenters. The van der Waals surface area contributed by atoms with Crippen molar-refractivity contribution in [2.75, 3.05) is 19.6 Å². The average Bonchev–Trinajstić information content (AvgIpc) is 2.80. The van der Waals surface area contributed by atoms with Gasteiger partial charge < -0.3 is 9.84 Å². The van der Waals surface area contributed by atoms with E-state index in [1.165, 1.54) is 12.1 Å². The van der Waals surface area contributed by atoms with Gasteiger partial charge in [-0.3, -0.25) is 9.69 Å². The van der Waals surface area contributed by atoms with Crippen LogP contribution in [0.25, 0.3) is 6.08 Å². The molecule has 0 amide bonds. The fourth-order valence-electron chi connectivity index (χ4n) is 2.79. The van der Waals surface area contributed by atoms with E-state index in [0.717, 1.165) is 18.5 Å². The summed E-state index contributed by atoms with van der Waals surface area (Å²) in [5.41, 5.74) is 0.350. The van der Waals surface area contributed by atoms with Crippen LogP contribution >= 0.6 is 0 Å². The van der Waals surface area contributed by atoms with Crippen LogP contribution in [0.15, 0.2) is 24.3 Å². The van der Waals surface area contributed by atoms with Crippen LogP contribution in [-0.4, -0.2) is 41.2 Å². The van der Waals surface area contributed by atoms with E-state index >= 15 is 0 Å². The van der Waals surface area contributed by atoms with Crippen LogP contribution in [0.2, 0.25) is 0 Å². The number of likely N-dealkylation sites (tertiary alicyclic amines) is 1. The Labute approximate surface area is 116 Å². The van der Waals surface area contributed by atoms with Gasteiger partial charge in [0.25, 0.3) is 0 Å². The average molecular weight is 277 g/mol. The van der Waals surface area contributed by atoms with Crippen LogP contribution in [0, 0.1) is 5.82 Å². The van der Waals surface area contributed by atoms with Gasteiger partial charge in [-0.2, -0.15) is 0 Å². The van der Waals surface area contributed by atoms with Gasteiger partial charge in [0.15, 0.2) is 0 Å². The number of hydrogen-bond donors (Lipinski definition) is 1. The number of carboxylic acids is 1. The zero-order valence-corrected chi connectivity index (χ0v) is 11.0. The molecule has 1 aromatic rings. The second-order valence-corrected chi connectivity index (χ2v) is 5.35. The fourth-order valence-corrected chi connectivity index (χ4v) is 2.79. The second kappa shape index (κ2) is 4.90. The Morgan fingerprint density at radius 2 is 2.35 bits per heavy atom. The summed E-state index contributed by atoms with van der Waals surface area (Å²) in [4.78, 5) is 12.7. The number of hydrogen-bond acceptors (Lipinski definition) is 3. The molecule has 3 rings (SSSR count). The van der Waals surface area contributed by atoms with Crippen molar-refractivity contribution in [3.63, 3.8) is 0 Å². The highest BCUT2D eigenvalue weighted by molar-refractivity contribution is 5.67. The molecule has 0 aliphatic carbocycles. The molecule has 1 saturated heterocycles. The number of fused-ring (bicyclic) bond motifs is 1. The minimum absolute atomic E-state index is 0.140. The van der Waals surface area contributed by atoms with Gasteiger partial charge in [0, 0.05) is 31.6 Å². The fraction of sp³-hybridized carbons (Fsp3) is 0.400. The number of carboxylic acid groups (broad SMARTS) is 1. The first-order valence-electron chi connectivity index (χ1n) is 6.68. The Balaban J connectivity index is 1.71. The molecule has 0 saturated carbocycles. The summed E-state index contributed by atoms with van der Waals surface area (Å²) in [5.74, 6) is -0.372. The number of nitrogens with zero attached hydrogens (tertiary/aromatic N) is 1. The number of benzene rings is 1. The third-order valence-corrected chi connectivity index (χ3v) is 3.84. The van der Waals surface area contributed by atoms with Crippen LogP contribution < -0.4 is 4.74 Å². The maximum absolute atomic E-state index is 13.1. The van der Waals surface area contributed by atoms with Gasteiger partial charge in [0.2, 0.25) is 0 Å². The van der Waals surface area contributed by atoms with Crippen LogP contribution in [0.5, 0.6) is 5.75 Å². The molecule has 20 heavy (non-hydrogen) atoms. The molecule has 1 spiro atoms. The van der Waals surface area contributed by atoms with Crippen molar-refractivity contribution in [1.82, 2.24) is 4.90 Å². The van der Waals surface area contributed by atoms with Gasteiger partial charge >= 0.3 is 5.97 Å². The second-order valence-electron chi connectivity index (χ2n) is 5.35. The Hall–Kier alpha value is -1.88. The molecule has 0 radical (unpaired) electrons. The van der Waals surface area contributed by atoms with Crippen molar-refractivity contribution in [2.24, 2.45) is 0 Å². The molecule has 1 N–H and O–H groups in total. The smallest absolute Gasteiger partial charge is 0.304 e. The van der Waals surface area contributed by atoms with E-state index in [2.05, 4.69) is 4.90 Å². The van der Waals surface area contributed by atoms with E-state index < -0.39 is 11.6 Å². The molecule has 1 fully saturated rings. The van der Waals surface area contributed by atoms with Crippen LogP contribution in [-0.2, 0) is 4.79 Å². The molecular formula is C15H16FNO3. The third kappa shape index (κ3) is 2.54. The van der Waals surface area contributed by atoms with Gasteiger partial charge in [-0.25, -0.2) is 4.39 Å². The summed E-state index contributed by atoms with van der Waals surface area (Å²) in [6, 6.07) is 4.49. The van der Waals surface area contributed by atoms with E-state index in [9.17, 15) is 9.18 Å². The predicted octanol–water partition coefficient (Wildman–Crippen LogP) is 2.15. The quantitative estimate of drug-likeness (QED) is 0.919. The summed E-state index contributed by atoms with van der Waals surface area (Å²) >= 11 is 0. The Morgan fingerprint density at radius 1 is 1.50 bits per heavy atom. The summed E-state index contributed by atoms with van der Waals surface area (Å²) in [6.45, 7) is 2.02. The van der Waals surface area contributed by atoms with E-state index in [1.807, 2.05) is 12.2 Å². The van der Waals surface area contributed by atoms with Crippen molar-refractivity contribution in [3.05, 3.63) is 35.7 Å². The van der Waals surface area contributed by atoms with Gasteiger partial charge in [0.1, 0.15) is 17.2 Å². The highest BCUT2D eigenvalue weighted by Crippen LogP contribution is 2.36. The van der Waals surface area contributed by atoms with E-state index in [1.54, 1.807) is 6.07 Å². The zero-order valence-electron chi connectivity index (χ0n) is 11.0. The molecular weight excluding hydrogens is 261 g/mol. The van der Waals surface area contributed by atoms with E-state index in [-0.39, 0.29) is 12.2 Å². The molecule has 1 unspecified atom stereocenters. The minimum Gasteiger partial charge on any atom is -0.481 e. The molecule has 4 nitrogen and oxygen atoms in total. The number of rotatable bonds is 3. The van der Waals surface area contributed by atoms with Gasteiger partial charge in [-0.15, -0.1) is 0 Å². The van der Waals surface area contributed by atoms with Crippen molar-refractivity contribution in [2.45, 2.75) is 18.4 Å². The van der Waals surface area contributed by atoms with Crippen molar-refractivity contribution in [1.29, 1.82) is 0 Å². The lowest BCUT2D eigenvalue weighted by Gasteiger charge is -2.31. The largest absolute Gasteiger partial charge is 0.481 e. The SMILES string of the molecule is O=C(O)CCN1CCC2(C=Cc3cc(F)ccc3O2)C1. The minimum atomic E-state index is -0.785. The number of aliphatic carboxylic acids is 1. The van der Waals surface area contributed by atoms with E-state index in [4.69, 9.17) is 9.84 Å². The zero-order chi connectivity index (χ0) is 14.2. The first-order valence-corrected chi connectivity index (χ1v) is 6.68. The first-order chi connectivity index (χ1) is 9.56. The Kier molecular flexibility index (Phi) is 3.22. The molecule has 2 heterocycles. The Bertz CT molecular complexity index is 572. The molecule has 1 aromatic carbocycles. The van der Waals surface area contributed by atoms with Crippen LogP contribution in [0.1, 0.15) is 18.4 Å². The normalized spacial score (nSPS) is 24.6. The lowest BCUT2D eigenvalue weighted by Crippen LogP contribution is -2.39. The van der Waals surface area contributed by atoms with Gasteiger partial charge in [0.05, 0.1) is 6.42 Å². The maximum atomic E-state index is 13.1. The van der Waals surface area contributed by atoms with Crippen LogP contribution in [0.3, 0.4) is 0 Å². The third-order valence-electron chi connectivity index (χ3n) is 3.84. The molecule has 0 aromatic heterocycles. The first kappa shape index (κ1) is 13.1. The van der Waals surface area contributed by atoms with Gasteiger partial charge in [-0.05, 0) is 24.3 Å². The highest BCUT2D eigenvalue weighted by atomic mass is 19.1. The van der Waals surface area contributed by atoms with Crippen LogP contribution in [0.4, 0.5) is 4.39 Å². The maximum Gasteiger partial charge on any atom is 0.304 e. The molecule has 2 aliphatic rings. The summed E-state index contributed by atoms with van der Waals surface area (Å²) in [5, 5.41) is 8.72. The predicted molar refractivity (Wildman–Crippen MR) is 72.1 cm³/mol. The highest BCUT2D eigenvalue weighted by Gasteiger charge is 2.40. The monoisotopic (exact) mass is 277 g/mol. The van der Waals surface area contributed by atoms with Crippen molar-refractivity contribution >= 4 is 12.0 Å². The van der Waals surface area contributed by atoms with Gasteiger partial charge in [-0.1, -0.05) is 6.08 Å².